The number of thiophene rings is 1. The number of hydrogen-bond acceptors (Lipinski definition) is 2. The SMILES string of the molecule is O=C(c1cc(Br)c(Br)s1)c1c[nH]c2ccccc12. The number of hydrogen-bond donors (Lipinski definition) is 1. The van der Waals surface area contributed by atoms with Gasteiger partial charge in [0.1, 0.15) is 0 Å². The van der Waals surface area contributed by atoms with Crippen molar-refractivity contribution >= 4 is 59.9 Å². The number of carbonyl (C=O) groups is 1. The molecule has 90 valence electrons. The molecule has 18 heavy (non-hydrogen) atoms. The molecule has 0 aliphatic carbocycles. The van der Waals surface area contributed by atoms with Gasteiger partial charge in [-0.05, 0) is 44.0 Å². The lowest BCUT2D eigenvalue weighted by Gasteiger charge is -1.95. The van der Waals surface area contributed by atoms with Crippen LogP contribution in [0.2, 0.25) is 0 Å². The number of halogens is 2. The average Bonchev–Trinajstić information content (AvgIpc) is 2.93. The lowest BCUT2D eigenvalue weighted by atomic mass is 10.1. The summed E-state index contributed by atoms with van der Waals surface area (Å²) < 4.78 is 1.85. The van der Waals surface area contributed by atoms with Crippen molar-refractivity contribution in [2.45, 2.75) is 0 Å². The quantitative estimate of drug-likeness (QED) is 0.620. The standard InChI is InChI=1S/C13H7Br2NOS/c14-9-5-11(18-13(9)15)12(17)8-6-16-10-4-2-1-3-7(8)10/h1-6,16H. The molecule has 2 heterocycles. The Morgan fingerprint density at radius 2 is 2.00 bits per heavy atom. The number of aromatic amines is 1. The molecule has 3 aromatic rings. The molecule has 0 aliphatic rings. The lowest BCUT2D eigenvalue weighted by Crippen LogP contribution is -1.96. The molecule has 0 unspecified atom stereocenters. The van der Waals surface area contributed by atoms with E-state index in [0.717, 1.165) is 24.0 Å². The highest BCUT2D eigenvalue weighted by Gasteiger charge is 2.17. The highest BCUT2D eigenvalue weighted by atomic mass is 79.9. The van der Waals surface area contributed by atoms with Crippen LogP contribution in [0, 0.1) is 0 Å². The molecule has 5 heteroatoms. The summed E-state index contributed by atoms with van der Waals surface area (Å²) in [7, 11) is 0. The molecule has 1 aromatic carbocycles. The lowest BCUT2D eigenvalue weighted by molar-refractivity contribution is 0.104. The minimum absolute atomic E-state index is 0.0452. The molecular formula is C13H7Br2NOS. The molecule has 0 amide bonds. The van der Waals surface area contributed by atoms with Crippen LogP contribution in [-0.2, 0) is 0 Å². The first-order valence-corrected chi connectivity index (χ1v) is 7.62. The van der Waals surface area contributed by atoms with Crippen LogP contribution in [0.3, 0.4) is 0 Å². The van der Waals surface area contributed by atoms with E-state index < -0.39 is 0 Å². The second kappa shape index (κ2) is 4.64. The molecule has 2 aromatic heterocycles. The summed E-state index contributed by atoms with van der Waals surface area (Å²) in [5.74, 6) is 0.0452. The van der Waals surface area contributed by atoms with Crippen molar-refractivity contribution in [1.82, 2.24) is 4.98 Å². The fraction of sp³-hybridized carbons (Fsp3) is 0. The summed E-state index contributed by atoms with van der Waals surface area (Å²) in [6.07, 6.45) is 1.77. The van der Waals surface area contributed by atoms with Gasteiger partial charge in [0.2, 0.25) is 5.78 Å². The Labute approximate surface area is 124 Å². The molecule has 0 saturated carbocycles. The summed E-state index contributed by atoms with van der Waals surface area (Å²) in [5.41, 5.74) is 1.70. The van der Waals surface area contributed by atoms with Crippen LogP contribution in [0.1, 0.15) is 15.2 Å². The zero-order valence-electron chi connectivity index (χ0n) is 9.04. The normalized spacial score (nSPS) is 11.0. The number of para-hydroxylation sites is 1. The molecule has 1 N–H and O–H groups in total. The third-order valence-electron chi connectivity index (χ3n) is 2.70. The van der Waals surface area contributed by atoms with Crippen LogP contribution in [0.15, 0.2) is 44.8 Å². The zero-order valence-corrected chi connectivity index (χ0v) is 13.0. The Morgan fingerprint density at radius 3 is 2.72 bits per heavy atom. The van der Waals surface area contributed by atoms with Crippen LogP contribution in [0.5, 0.6) is 0 Å². The Balaban J connectivity index is 2.12. The van der Waals surface area contributed by atoms with Crippen molar-refractivity contribution in [2.24, 2.45) is 0 Å². The molecule has 0 saturated heterocycles. The van der Waals surface area contributed by atoms with Crippen LogP contribution >= 0.6 is 43.2 Å². The number of H-pyrrole nitrogens is 1. The van der Waals surface area contributed by atoms with E-state index in [-0.39, 0.29) is 5.78 Å². The van der Waals surface area contributed by atoms with Gasteiger partial charge in [-0.2, -0.15) is 0 Å². The van der Waals surface area contributed by atoms with Gasteiger partial charge >= 0.3 is 0 Å². The summed E-state index contributed by atoms with van der Waals surface area (Å²) in [4.78, 5) is 16.3. The van der Waals surface area contributed by atoms with Gasteiger partial charge in [-0.25, -0.2) is 0 Å². The van der Waals surface area contributed by atoms with Crippen LogP contribution in [0.25, 0.3) is 10.9 Å². The summed E-state index contributed by atoms with van der Waals surface area (Å²) in [6.45, 7) is 0. The highest BCUT2D eigenvalue weighted by molar-refractivity contribution is 9.13. The van der Waals surface area contributed by atoms with E-state index >= 15 is 0 Å². The predicted molar refractivity (Wildman–Crippen MR) is 81.5 cm³/mol. The number of ketones is 1. The highest BCUT2D eigenvalue weighted by Crippen LogP contribution is 2.34. The largest absolute Gasteiger partial charge is 0.360 e. The summed E-state index contributed by atoms with van der Waals surface area (Å²) >= 11 is 8.25. The van der Waals surface area contributed by atoms with Gasteiger partial charge in [-0.1, -0.05) is 18.2 Å². The molecule has 0 atom stereocenters. The van der Waals surface area contributed by atoms with Gasteiger partial charge in [-0.3, -0.25) is 4.79 Å². The van der Waals surface area contributed by atoms with Gasteiger partial charge in [0.15, 0.2) is 0 Å². The summed E-state index contributed by atoms with van der Waals surface area (Å²) in [6, 6.07) is 9.65. The van der Waals surface area contributed by atoms with E-state index in [2.05, 4.69) is 36.8 Å². The van der Waals surface area contributed by atoms with Crippen molar-refractivity contribution in [3.05, 3.63) is 55.2 Å². The Hall–Kier alpha value is -0.910. The fourth-order valence-corrected chi connectivity index (χ4v) is 3.84. The second-order valence-corrected chi connectivity index (χ2v) is 7.03. The molecule has 0 aliphatic heterocycles. The Bertz CT molecular complexity index is 725. The molecular weight excluding hydrogens is 378 g/mol. The number of benzene rings is 1. The number of aromatic nitrogens is 1. The van der Waals surface area contributed by atoms with Gasteiger partial charge < -0.3 is 4.98 Å². The maximum atomic E-state index is 12.4. The summed E-state index contributed by atoms with van der Waals surface area (Å²) in [5, 5.41) is 0.961. The molecule has 0 radical (unpaired) electrons. The first-order chi connectivity index (χ1) is 8.66. The maximum absolute atomic E-state index is 12.4. The van der Waals surface area contributed by atoms with E-state index in [1.54, 1.807) is 6.20 Å². The number of rotatable bonds is 2. The third kappa shape index (κ3) is 1.96. The van der Waals surface area contributed by atoms with E-state index in [4.69, 9.17) is 0 Å². The van der Waals surface area contributed by atoms with Crippen LogP contribution in [-0.4, -0.2) is 10.8 Å². The van der Waals surface area contributed by atoms with Crippen LogP contribution in [0.4, 0.5) is 0 Å². The van der Waals surface area contributed by atoms with Crippen molar-refractivity contribution in [3.8, 4) is 0 Å². The third-order valence-corrected chi connectivity index (χ3v) is 5.96. The molecule has 2 nitrogen and oxygen atoms in total. The fourth-order valence-electron chi connectivity index (χ4n) is 1.85. The first kappa shape index (κ1) is 12.1. The van der Waals surface area contributed by atoms with Gasteiger partial charge in [0.25, 0.3) is 0 Å². The van der Waals surface area contributed by atoms with Gasteiger partial charge in [0.05, 0.1) is 8.66 Å². The predicted octanol–water partition coefficient (Wildman–Crippen LogP) is 4.99. The number of fused-ring (bicyclic) bond motifs is 1. The molecule has 3 rings (SSSR count). The van der Waals surface area contributed by atoms with Crippen molar-refractivity contribution in [2.75, 3.05) is 0 Å². The van der Waals surface area contributed by atoms with Gasteiger partial charge in [0, 0.05) is 27.1 Å². The van der Waals surface area contributed by atoms with Gasteiger partial charge in [-0.15, -0.1) is 11.3 Å². The second-order valence-electron chi connectivity index (χ2n) is 3.81. The molecule has 0 spiro atoms. The average molecular weight is 385 g/mol. The van der Waals surface area contributed by atoms with E-state index in [0.29, 0.717) is 5.56 Å². The molecule has 0 fully saturated rings. The van der Waals surface area contributed by atoms with E-state index in [9.17, 15) is 4.79 Å². The van der Waals surface area contributed by atoms with Crippen molar-refractivity contribution < 1.29 is 4.79 Å². The Kier molecular flexibility index (Phi) is 3.13. The molecule has 0 bridgehead atoms. The number of carbonyl (C=O) groups excluding carboxylic acids is 1. The topological polar surface area (TPSA) is 32.9 Å². The number of nitrogens with one attached hydrogen (secondary N) is 1. The monoisotopic (exact) mass is 383 g/mol. The van der Waals surface area contributed by atoms with Crippen molar-refractivity contribution in [1.29, 1.82) is 0 Å². The van der Waals surface area contributed by atoms with E-state index in [1.165, 1.54) is 11.3 Å². The zero-order chi connectivity index (χ0) is 12.7. The Morgan fingerprint density at radius 1 is 1.22 bits per heavy atom. The maximum Gasteiger partial charge on any atom is 0.205 e. The minimum Gasteiger partial charge on any atom is -0.360 e. The first-order valence-electron chi connectivity index (χ1n) is 5.22. The van der Waals surface area contributed by atoms with Crippen LogP contribution < -0.4 is 0 Å². The van der Waals surface area contributed by atoms with E-state index in [1.807, 2.05) is 30.3 Å². The minimum atomic E-state index is 0.0452. The van der Waals surface area contributed by atoms with Crippen molar-refractivity contribution in [3.63, 3.8) is 0 Å². The smallest absolute Gasteiger partial charge is 0.205 e.